The lowest BCUT2D eigenvalue weighted by Gasteiger charge is -2.24. The summed E-state index contributed by atoms with van der Waals surface area (Å²) in [5.74, 6) is -1.53. The Morgan fingerprint density at radius 1 is 0.649 bits per heavy atom. The highest BCUT2D eigenvalue weighted by Gasteiger charge is 2.32. The van der Waals surface area contributed by atoms with Crippen LogP contribution < -0.4 is 16.1 Å². The number of hydrogen-bond donors (Lipinski definition) is 2. The second kappa shape index (κ2) is 80.0. The predicted octanol–water partition coefficient (Wildman–Crippen LogP) is 15.0. The highest BCUT2D eigenvalue weighted by Crippen LogP contribution is 2.40. The van der Waals surface area contributed by atoms with E-state index < -0.39 is 17.2 Å². The summed E-state index contributed by atoms with van der Waals surface area (Å²) in [4.78, 5) is 26.0. The van der Waals surface area contributed by atoms with Gasteiger partial charge in [-0.1, -0.05) is 6.92 Å². The summed E-state index contributed by atoms with van der Waals surface area (Å²) in [7, 11) is 0. The van der Waals surface area contributed by atoms with Gasteiger partial charge >= 0.3 is 5.97 Å². The zero-order valence-corrected chi connectivity index (χ0v) is 26.6. The van der Waals surface area contributed by atoms with E-state index >= 15 is 0 Å². The van der Waals surface area contributed by atoms with E-state index in [-0.39, 0.29) is 33.7 Å². The normalized spacial score (nSPS) is 12.1. The molecule has 2 fully saturated rings. The van der Waals surface area contributed by atoms with Crippen LogP contribution in [-0.4, -0.2) is 34.8 Å². The molecule has 2 atom stereocenters. The lowest BCUT2D eigenvalue weighted by Crippen LogP contribution is -2.29. The number of hydrogen-bond acceptors (Lipinski definition) is 4. The van der Waals surface area contributed by atoms with Crippen molar-refractivity contribution in [1.82, 2.24) is 4.57 Å². The first-order chi connectivity index (χ1) is 27.3. The Labute approximate surface area is 292 Å². The molecule has 0 spiro atoms. The van der Waals surface area contributed by atoms with Crippen molar-refractivity contribution in [3.63, 3.8) is 0 Å². The number of pyridine rings is 1. The van der Waals surface area contributed by atoms with Crippen LogP contribution in [0.2, 0.25) is 0 Å². The predicted molar refractivity (Wildman–Crippen MR) is 133 cm³/mol. The number of benzene rings is 1. The molecule has 2 aliphatic rings. The zero-order chi connectivity index (χ0) is 48.7. The molecule has 1 saturated heterocycles. The van der Waals surface area contributed by atoms with Crippen molar-refractivity contribution in [3.05, 3.63) is 39.4 Å². The number of carbonyl (C=O) groups is 1. The van der Waals surface area contributed by atoms with Gasteiger partial charge in [0.05, 0.1) is 11.2 Å². The Morgan fingerprint density at radius 2 is 0.965 bits per heavy atom. The quantitative estimate of drug-likeness (QED) is 0.299. The van der Waals surface area contributed by atoms with Gasteiger partial charge < -0.3 is 20.3 Å². The van der Waals surface area contributed by atoms with E-state index in [0.717, 1.165) is 12.8 Å². The van der Waals surface area contributed by atoms with Gasteiger partial charge in [-0.15, -0.1) is 0 Å². The van der Waals surface area contributed by atoms with E-state index in [4.69, 9.17) is 143 Å². The first-order valence-electron chi connectivity index (χ1n) is 11.1. The van der Waals surface area contributed by atoms with Crippen LogP contribution in [0, 0.1) is 18.7 Å². The van der Waals surface area contributed by atoms with Gasteiger partial charge in [-0.05, 0) is 37.3 Å². The number of aromatic nitrogens is 1. The van der Waals surface area contributed by atoms with Gasteiger partial charge in [0.15, 0.2) is 0 Å². The summed E-state index contributed by atoms with van der Waals surface area (Å²) in [5, 5.41) is 9.48. The van der Waals surface area contributed by atoms with Crippen molar-refractivity contribution < 1.29 is 156 Å². The topological polar surface area (TPSA) is 88.6 Å². The van der Waals surface area contributed by atoms with Crippen molar-refractivity contribution in [3.8, 4) is 0 Å². The summed E-state index contributed by atoms with van der Waals surface area (Å²) in [6, 6.07) is 1.33. The molecule has 1 aromatic heterocycles. The summed E-state index contributed by atoms with van der Waals surface area (Å²) in [5.41, 5.74) is 6.92. The molecule has 3 N–H and O–H groups in total. The van der Waals surface area contributed by atoms with E-state index in [0.29, 0.717) is 29.9 Å². The standard InChI is InChI=1S/C19H22FN3O3.15F2.FH/c1-9-6-22(8-15(9)21)17-10(2)16-12(5-14(17)20)18(24)13(19(25)26)7-23(16)11-3-4-11;15*1-2;/h5,7,9,11,15H,3-4,6,8,21H2,1-2H3,(H,25,26);;;;;;;;;;;;;;;;1H/t9-,15+;;;;;;;;;;;;;;;;/m0................/s1. The largest absolute Gasteiger partial charge is 0.477 e. The minimum atomic E-state index is -1.28. The fraction of sp³-hybridized carbons (Fsp3) is 0.474. The lowest BCUT2D eigenvalue weighted by molar-refractivity contribution is 0.0694. The molecule has 57 heavy (non-hydrogen) atoms. The van der Waals surface area contributed by atoms with Gasteiger partial charge in [0.25, 0.3) is 0 Å². The number of carboxylic acid groups (broad SMARTS) is 1. The van der Waals surface area contributed by atoms with E-state index in [2.05, 4.69) is 0 Å². The van der Waals surface area contributed by atoms with Crippen molar-refractivity contribution in [2.75, 3.05) is 18.0 Å². The number of aromatic carboxylic acids is 1. The number of nitrogens with two attached hydrogens (primary N) is 1. The number of aryl methyl sites for hydroxylation is 1. The first-order valence-corrected chi connectivity index (χ1v) is 11.1. The van der Waals surface area contributed by atoms with Crippen molar-refractivity contribution in [1.29, 1.82) is 0 Å². The van der Waals surface area contributed by atoms with Crippen LogP contribution in [0.25, 0.3) is 10.9 Å². The molecule has 0 unspecified atom stereocenters. The third kappa shape index (κ3) is 36.8. The summed E-state index contributed by atoms with van der Waals surface area (Å²) in [6.45, 7) is 5.06. The van der Waals surface area contributed by atoms with Crippen molar-refractivity contribution in [2.24, 2.45) is 11.7 Å². The number of carboxylic acids is 1. The van der Waals surface area contributed by atoms with Gasteiger partial charge in [0.2, 0.25) is 5.43 Å². The van der Waals surface area contributed by atoms with Crippen LogP contribution in [0.3, 0.4) is 0 Å². The maximum absolute atomic E-state index is 15.0. The Morgan fingerprint density at radius 3 is 1.21 bits per heavy atom. The van der Waals surface area contributed by atoms with Crippen LogP contribution in [0.4, 0.5) is 152 Å². The van der Waals surface area contributed by atoms with Crippen molar-refractivity contribution >= 4 is 22.6 Å². The average molecular weight is 949 g/mol. The van der Waals surface area contributed by atoms with E-state index in [1.54, 1.807) is 6.92 Å². The maximum Gasteiger partial charge on any atom is 0.341 e. The molecular weight excluding hydrogens is 926 g/mol. The molecule has 4 rings (SSSR count). The summed E-state index contributed by atoms with van der Waals surface area (Å²) in [6.07, 6.45) is 3.27. The summed E-state index contributed by atoms with van der Waals surface area (Å²) < 4.78 is 257. The zero-order valence-electron chi connectivity index (χ0n) is 26.6. The third-order valence-electron chi connectivity index (χ3n) is 5.64. The smallest absolute Gasteiger partial charge is 0.341 e. The van der Waals surface area contributed by atoms with Crippen LogP contribution in [0.5, 0.6) is 0 Å². The average Bonchev–Trinajstić information content (AvgIpc) is 4.12. The second-order valence-corrected chi connectivity index (χ2v) is 7.59. The molecule has 38 heteroatoms. The fourth-order valence-corrected chi connectivity index (χ4v) is 4.03. The minimum Gasteiger partial charge on any atom is -0.477 e. The van der Waals surface area contributed by atoms with Gasteiger partial charge in [0.1, 0.15) is 11.4 Å². The minimum absolute atomic E-state index is 0. The molecule has 2 aromatic rings. The summed E-state index contributed by atoms with van der Waals surface area (Å²) >= 11 is 0. The molecule has 1 saturated carbocycles. The molecule has 1 aliphatic heterocycles. The van der Waals surface area contributed by atoms with Gasteiger partial charge in [-0.3, -0.25) is 9.50 Å². The Kier molecular flexibility index (Phi) is 125. The Balaban J connectivity index is -0.0000000483. The van der Waals surface area contributed by atoms with E-state index in [1.165, 1.54) is 12.3 Å². The van der Waals surface area contributed by atoms with Crippen LogP contribution in [-0.2, 0) is 0 Å². The first kappa shape index (κ1) is 89.2. The SMILES string of the molecule is Cc1c(N2C[C@@H](N)[C@@H](C)C2)c(F)cc2c(=O)c(C(=O)O)cn(C3CC3)c12.F.FF.FF.FF.FF.FF.FF.FF.FF.FF.FF.FF.FF.FF.FF.FF. The molecular formula is C19H23F32N3O3. The van der Waals surface area contributed by atoms with E-state index in [9.17, 15) is 19.1 Å². The number of fused-ring (bicyclic) bond motifs is 1. The number of anilines is 1. The third-order valence-corrected chi connectivity index (χ3v) is 5.64. The van der Waals surface area contributed by atoms with Crippen molar-refractivity contribution in [2.45, 2.75) is 38.8 Å². The fourth-order valence-electron chi connectivity index (χ4n) is 4.03. The van der Waals surface area contributed by atoms with Gasteiger partial charge in [-0.25, -0.2) is 9.18 Å². The Bertz CT molecular complexity index is 1020. The second-order valence-electron chi connectivity index (χ2n) is 7.59. The highest BCUT2D eigenvalue weighted by atomic mass is 20.0. The number of nitrogens with zero attached hydrogens (tertiary/aromatic N) is 2. The molecule has 6 nitrogen and oxygen atoms in total. The molecule has 2 heterocycles. The van der Waals surface area contributed by atoms with Gasteiger partial charge in [-0.2, -0.15) is 0 Å². The monoisotopic (exact) mass is 949 g/mol. The van der Waals surface area contributed by atoms with Crippen LogP contribution >= 0.6 is 0 Å². The molecule has 0 bridgehead atoms. The molecule has 0 radical (unpaired) electrons. The highest BCUT2D eigenvalue weighted by molar-refractivity contribution is 5.95. The Hall–Kier alpha value is -4.58. The van der Waals surface area contributed by atoms with Crippen LogP contribution in [0.1, 0.15) is 41.7 Å². The maximum atomic E-state index is 15.0. The van der Waals surface area contributed by atoms with Crippen LogP contribution in [0.15, 0.2) is 17.1 Å². The van der Waals surface area contributed by atoms with Gasteiger partial charge in [0, 0.05) is 174 Å². The molecule has 356 valence electrons. The molecule has 0 amide bonds. The number of rotatable bonds is 3. The molecule has 1 aromatic carbocycles. The molecule has 1 aliphatic carbocycles. The van der Waals surface area contributed by atoms with E-state index in [1.807, 2.05) is 16.4 Å². The lowest BCUT2D eigenvalue weighted by atomic mass is 10.0. The number of halogens is 32.